The van der Waals surface area contributed by atoms with Crippen molar-refractivity contribution in [2.24, 2.45) is 10.7 Å². The molecule has 4 N–H and O–H groups in total. The first kappa shape index (κ1) is 30.8. The standard InChI is InChI=1S/C35H32ClN5O2S/c1-34(2,42)25-18-20-29(21-19-25)43-32-22-31(36)39-33(40-32)41-44-30(23-37)24-38-35(26-12-6-3-7-13-26,27-14-8-4-9-15-27)28-16-10-5-11-17-28/h3-24,42H,37H2,1-2H3,(H,39,40,41)/b30-23+,38-24?. The van der Waals surface area contributed by atoms with Gasteiger partial charge in [-0.3, -0.25) is 9.71 Å². The molecule has 0 saturated heterocycles. The highest BCUT2D eigenvalue weighted by Gasteiger charge is 2.35. The van der Waals surface area contributed by atoms with Crippen LogP contribution in [0.15, 0.2) is 137 Å². The van der Waals surface area contributed by atoms with Crippen molar-refractivity contribution in [1.82, 2.24) is 9.97 Å². The molecule has 0 aliphatic heterocycles. The number of rotatable bonds is 11. The second-order valence-electron chi connectivity index (χ2n) is 10.4. The van der Waals surface area contributed by atoms with Gasteiger partial charge >= 0.3 is 0 Å². The maximum atomic E-state index is 10.2. The van der Waals surface area contributed by atoms with Gasteiger partial charge in [0, 0.05) is 18.5 Å². The van der Waals surface area contributed by atoms with Gasteiger partial charge in [0.05, 0.1) is 10.5 Å². The molecule has 0 spiro atoms. The Labute approximate surface area is 266 Å². The fourth-order valence-corrected chi connectivity index (χ4v) is 5.32. The first-order valence-electron chi connectivity index (χ1n) is 13.9. The number of nitrogens with one attached hydrogen (secondary N) is 1. The number of aromatic nitrogens is 2. The Balaban J connectivity index is 1.40. The molecule has 0 aliphatic rings. The number of halogens is 1. The lowest BCUT2D eigenvalue weighted by Crippen LogP contribution is -2.27. The van der Waals surface area contributed by atoms with Crippen LogP contribution in [0, 0.1) is 0 Å². The Kier molecular flexibility index (Phi) is 9.65. The van der Waals surface area contributed by atoms with Crippen LogP contribution in [0.25, 0.3) is 0 Å². The second-order valence-corrected chi connectivity index (χ2v) is 11.6. The molecule has 0 unspecified atom stereocenters. The zero-order chi connectivity index (χ0) is 31.0. The number of nitrogens with zero attached hydrogens (tertiary/aromatic N) is 3. The highest BCUT2D eigenvalue weighted by Crippen LogP contribution is 2.40. The molecule has 0 fully saturated rings. The van der Waals surface area contributed by atoms with Crippen molar-refractivity contribution in [3.8, 4) is 11.6 Å². The monoisotopic (exact) mass is 621 g/mol. The predicted octanol–water partition coefficient (Wildman–Crippen LogP) is 8.07. The van der Waals surface area contributed by atoms with E-state index in [2.05, 4.69) is 51.1 Å². The molecule has 222 valence electrons. The van der Waals surface area contributed by atoms with Crippen molar-refractivity contribution in [2.75, 3.05) is 4.72 Å². The molecule has 4 aromatic carbocycles. The molecule has 1 heterocycles. The van der Waals surface area contributed by atoms with Crippen LogP contribution in [0.5, 0.6) is 11.6 Å². The van der Waals surface area contributed by atoms with Gasteiger partial charge in [-0.2, -0.15) is 4.98 Å². The quantitative estimate of drug-likeness (QED) is 0.0592. The minimum Gasteiger partial charge on any atom is -0.439 e. The Morgan fingerprint density at radius 3 is 1.82 bits per heavy atom. The molecular weight excluding hydrogens is 590 g/mol. The summed E-state index contributed by atoms with van der Waals surface area (Å²) in [5.74, 6) is 1.03. The summed E-state index contributed by atoms with van der Waals surface area (Å²) in [6, 6.07) is 39.2. The van der Waals surface area contributed by atoms with Crippen LogP contribution < -0.4 is 15.2 Å². The van der Waals surface area contributed by atoms with Gasteiger partial charge in [-0.25, -0.2) is 4.98 Å². The average Bonchev–Trinajstić information content (AvgIpc) is 3.04. The summed E-state index contributed by atoms with van der Waals surface area (Å²) in [5.41, 5.74) is 8.09. The van der Waals surface area contributed by atoms with Crippen molar-refractivity contribution in [1.29, 1.82) is 0 Å². The maximum Gasteiger partial charge on any atom is 0.237 e. The molecule has 5 rings (SSSR count). The molecular formula is C35H32ClN5O2S. The molecule has 5 aromatic rings. The third kappa shape index (κ3) is 7.29. The topological polar surface area (TPSA) is 106 Å². The second kappa shape index (κ2) is 13.8. The third-order valence-electron chi connectivity index (χ3n) is 6.84. The number of anilines is 1. The number of nitrogens with two attached hydrogens (primary N) is 1. The van der Waals surface area contributed by atoms with Crippen LogP contribution in [-0.2, 0) is 11.1 Å². The van der Waals surface area contributed by atoms with Gasteiger partial charge in [-0.1, -0.05) is 115 Å². The van der Waals surface area contributed by atoms with Gasteiger partial charge in [0.1, 0.15) is 16.4 Å². The lowest BCUT2D eigenvalue weighted by molar-refractivity contribution is 0.0785. The van der Waals surface area contributed by atoms with Crippen LogP contribution in [0.1, 0.15) is 36.1 Å². The highest BCUT2D eigenvalue weighted by atomic mass is 35.5. The Bertz CT molecular complexity index is 1630. The maximum absolute atomic E-state index is 10.2. The van der Waals surface area contributed by atoms with E-state index in [1.165, 1.54) is 24.2 Å². The first-order valence-corrected chi connectivity index (χ1v) is 15.1. The number of allylic oxidation sites excluding steroid dienone is 1. The van der Waals surface area contributed by atoms with Gasteiger partial charge in [0.2, 0.25) is 11.8 Å². The fraction of sp³-hybridized carbons (Fsp3) is 0.114. The molecule has 0 amide bonds. The number of hydrogen-bond donors (Lipinski definition) is 3. The van der Waals surface area contributed by atoms with Crippen LogP contribution in [0.3, 0.4) is 0 Å². The molecule has 0 atom stereocenters. The van der Waals surface area contributed by atoms with E-state index in [1.54, 1.807) is 44.3 Å². The smallest absolute Gasteiger partial charge is 0.237 e. The molecule has 0 aliphatic carbocycles. The minimum atomic E-state index is -0.953. The van der Waals surface area contributed by atoms with E-state index in [1.807, 2.05) is 54.6 Å². The van der Waals surface area contributed by atoms with E-state index < -0.39 is 11.1 Å². The molecule has 0 bridgehead atoms. The predicted molar refractivity (Wildman–Crippen MR) is 180 cm³/mol. The minimum absolute atomic E-state index is 0.203. The number of aliphatic hydroxyl groups is 1. The summed E-state index contributed by atoms with van der Waals surface area (Å²) in [5, 5.41) is 10.4. The number of hydrogen-bond acceptors (Lipinski definition) is 8. The van der Waals surface area contributed by atoms with Gasteiger partial charge < -0.3 is 15.6 Å². The van der Waals surface area contributed by atoms with Crippen LogP contribution in [0.4, 0.5) is 5.95 Å². The number of benzene rings is 4. The summed E-state index contributed by atoms with van der Waals surface area (Å²) in [6.07, 6.45) is 3.22. The van der Waals surface area contributed by atoms with E-state index in [0.717, 1.165) is 22.3 Å². The SMILES string of the molecule is CC(C)(O)c1ccc(Oc2cc(Cl)nc(NS/C(C=NC(c3ccccc3)(c3ccccc3)c3ccccc3)=C/N)n2)cc1. The fourth-order valence-electron chi connectivity index (χ4n) is 4.68. The largest absolute Gasteiger partial charge is 0.439 e. The van der Waals surface area contributed by atoms with E-state index in [4.69, 9.17) is 27.1 Å². The van der Waals surface area contributed by atoms with E-state index in [-0.39, 0.29) is 17.0 Å². The summed E-state index contributed by atoms with van der Waals surface area (Å²) in [7, 11) is 0. The molecule has 7 nitrogen and oxygen atoms in total. The average molecular weight is 622 g/mol. The Morgan fingerprint density at radius 2 is 1.34 bits per heavy atom. The summed E-state index contributed by atoms with van der Waals surface area (Å²) in [6.45, 7) is 3.45. The molecule has 0 radical (unpaired) electrons. The molecule has 44 heavy (non-hydrogen) atoms. The van der Waals surface area contributed by atoms with Crippen LogP contribution in [-0.4, -0.2) is 21.3 Å². The van der Waals surface area contributed by atoms with Gasteiger partial charge in [0.25, 0.3) is 0 Å². The normalized spacial score (nSPS) is 12.3. The number of ether oxygens (including phenoxy) is 1. The highest BCUT2D eigenvalue weighted by molar-refractivity contribution is 8.05. The Hall–Kier alpha value is -4.63. The third-order valence-corrected chi connectivity index (χ3v) is 7.79. The van der Waals surface area contributed by atoms with Crippen molar-refractivity contribution in [2.45, 2.75) is 25.0 Å². The summed E-state index contributed by atoms with van der Waals surface area (Å²) in [4.78, 5) is 14.6. The van der Waals surface area contributed by atoms with Crippen molar-refractivity contribution >= 4 is 35.7 Å². The van der Waals surface area contributed by atoms with E-state index in [9.17, 15) is 5.11 Å². The van der Waals surface area contributed by atoms with E-state index >= 15 is 0 Å². The van der Waals surface area contributed by atoms with Crippen molar-refractivity contribution in [3.05, 3.63) is 160 Å². The van der Waals surface area contributed by atoms with Gasteiger partial charge in [0.15, 0.2) is 0 Å². The lowest BCUT2D eigenvalue weighted by Gasteiger charge is -2.32. The van der Waals surface area contributed by atoms with Crippen LogP contribution >= 0.6 is 23.5 Å². The van der Waals surface area contributed by atoms with Crippen molar-refractivity contribution < 1.29 is 9.84 Å². The van der Waals surface area contributed by atoms with Crippen LogP contribution in [0.2, 0.25) is 5.15 Å². The molecule has 1 aromatic heterocycles. The first-order chi connectivity index (χ1) is 21.3. The zero-order valence-electron chi connectivity index (χ0n) is 24.3. The van der Waals surface area contributed by atoms with E-state index in [0.29, 0.717) is 10.7 Å². The molecule has 9 heteroatoms. The Morgan fingerprint density at radius 1 is 0.818 bits per heavy atom. The lowest BCUT2D eigenvalue weighted by atomic mass is 9.77. The number of aliphatic imine (C=N–C) groups is 1. The zero-order valence-corrected chi connectivity index (χ0v) is 25.8. The van der Waals surface area contributed by atoms with Gasteiger partial charge in [-0.05, 0) is 60.2 Å². The van der Waals surface area contributed by atoms with Crippen molar-refractivity contribution in [3.63, 3.8) is 0 Å². The van der Waals surface area contributed by atoms with Gasteiger partial charge in [-0.15, -0.1) is 0 Å². The summed E-state index contributed by atoms with van der Waals surface area (Å²) >= 11 is 7.50. The summed E-state index contributed by atoms with van der Waals surface area (Å²) < 4.78 is 9.01. The molecule has 0 saturated carbocycles.